The van der Waals surface area contributed by atoms with Gasteiger partial charge in [-0.25, -0.2) is 15.0 Å². The highest BCUT2D eigenvalue weighted by Gasteiger charge is 2.23. The van der Waals surface area contributed by atoms with Gasteiger partial charge < -0.3 is 8.98 Å². The van der Waals surface area contributed by atoms with Gasteiger partial charge in [-0.05, 0) is 47.2 Å². The van der Waals surface area contributed by atoms with Crippen LogP contribution in [0.5, 0.6) is 0 Å². The summed E-state index contributed by atoms with van der Waals surface area (Å²) < 4.78 is 12.0. The molecule has 4 aromatic heterocycles. The van der Waals surface area contributed by atoms with E-state index in [9.17, 15) is 0 Å². The molecule has 0 fully saturated rings. The zero-order chi connectivity index (χ0) is 36.0. The molecule has 55 heavy (non-hydrogen) atoms. The number of hydrogen-bond acceptors (Lipinski definition) is 5. The molecule has 0 aliphatic carbocycles. The van der Waals surface area contributed by atoms with Crippen molar-refractivity contribution >= 4 is 86.0 Å². The Morgan fingerprint density at radius 1 is 0.418 bits per heavy atom. The molecule has 12 rings (SSSR count). The zero-order valence-corrected chi connectivity index (χ0v) is 30.1. The van der Waals surface area contributed by atoms with E-state index in [1.165, 1.54) is 30.9 Å². The van der Waals surface area contributed by atoms with Crippen molar-refractivity contribution in [1.29, 1.82) is 0 Å². The molecule has 0 unspecified atom stereocenters. The fourth-order valence-electron chi connectivity index (χ4n) is 8.47. The Bertz CT molecular complexity index is 3430. The van der Waals surface area contributed by atoms with E-state index in [0.29, 0.717) is 17.5 Å². The summed E-state index contributed by atoms with van der Waals surface area (Å²) in [6.45, 7) is 0. The summed E-state index contributed by atoms with van der Waals surface area (Å²) in [7, 11) is 0. The van der Waals surface area contributed by atoms with E-state index in [4.69, 9.17) is 19.4 Å². The van der Waals surface area contributed by atoms with Crippen LogP contribution in [0.2, 0.25) is 0 Å². The summed E-state index contributed by atoms with van der Waals surface area (Å²) in [5, 5.41) is 9.37. The molecule has 0 saturated heterocycles. The lowest BCUT2D eigenvalue weighted by Crippen LogP contribution is -2.00. The second kappa shape index (κ2) is 11.7. The van der Waals surface area contributed by atoms with Gasteiger partial charge in [-0.1, -0.05) is 133 Å². The average Bonchev–Trinajstić information content (AvgIpc) is 3.93. The van der Waals surface area contributed by atoms with Gasteiger partial charge in [-0.2, -0.15) is 0 Å². The summed E-state index contributed by atoms with van der Waals surface area (Å²) in [6, 6.07) is 59.4. The molecule has 0 bridgehead atoms. The van der Waals surface area contributed by atoms with Crippen LogP contribution in [0.1, 0.15) is 0 Å². The van der Waals surface area contributed by atoms with Crippen LogP contribution < -0.4 is 0 Å². The summed E-state index contributed by atoms with van der Waals surface area (Å²) in [5.41, 5.74) is 7.68. The van der Waals surface area contributed by atoms with Gasteiger partial charge in [-0.3, -0.25) is 0 Å². The van der Waals surface area contributed by atoms with Crippen LogP contribution in [-0.2, 0) is 0 Å². The quantitative estimate of drug-likeness (QED) is 0.182. The van der Waals surface area contributed by atoms with Crippen LogP contribution in [-0.4, -0.2) is 19.5 Å². The first-order chi connectivity index (χ1) is 27.3. The van der Waals surface area contributed by atoms with Crippen LogP contribution in [0.25, 0.3) is 115 Å². The highest BCUT2D eigenvalue weighted by atomic mass is 32.1. The third-order valence-electron chi connectivity index (χ3n) is 10.8. The van der Waals surface area contributed by atoms with E-state index in [1.54, 1.807) is 0 Å². The Balaban J connectivity index is 1.15. The van der Waals surface area contributed by atoms with Gasteiger partial charge in [0.05, 0.1) is 16.7 Å². The molecule has 8 aromatic carbocycles. The highest BCUT2D eigenvalue weighted by molar-refractivity contribution is 7.26. The molecular weight excluding hydrogens is 693 g/mol. The molecular formula is C49H28N4OS. The van der Waals surface area contributed by atoms with Crippen molar-refractivity contribution < 1.29 is 4.42 Å². The van der Waals surface area contributed by atoms with Crippen molar-refractivity contribution in [3.8, 4) is 39.9 Å². The van der Waals surface area contributed by atoms with Crippen molar-refractivity contribution in [3.05, 3.63) is 170 Å². The number of para-hydroxylation sites is 2. The number of rotatable bonds is 4. The average molecular weight is 721 g/mol. The van der Waals surface area contributed by atoms with E-state index in [-0.39, 0.29) is 0 Å². The second-order valence-electron chi connectivity index (χ2n) is 13.9. The maximum Gasteiger partial charge on any atom is 0.164 e. The van der Waals surface area contributed by atoms with E-state index < -0.39 is 0 Å². The number of thiophene rings is 1. The van der Waals surface area contributed by atoms with Crippen molar-refractivity contribution in [2.75, 3.05) is 0 Å². The maximum atomic E-state index is 7.06. The molecule has 0 saturated carbocycles. The van der Waals surface area contributed by atoms with Gasteiger partial charge >= 0.3 is 0 Å². The molecule has 0 aliphatic rings. The van der Waals surface area contributed by atoms with E-state index in [2.05, 4.69) is 114 Å². The molecule has 12 aromatic rings. The number of furan rings is 1. The predicted molar refractivity (Wildman–Crippen MR) is 228 cm³/mol. The van der Waals surface area contributed by atoms with Crippen LogP contribution in [0, 0.1) is 0 Å². The third-order valence-corrected chi connectivity index (χ3v) is 12.0. The maximum absolute atomic E-state index is 7.06. The number of aromatic nitrogens is 4. The number of benzene rings is 8. The van der Waals surface area contributed by atoms with Gasteiger partial charge in [-0.15, -0.1) is 11.3 Å². The third kappa shape index (κ3) is 4.49. The fraction of sp³-hybridized carbons (Fsp3) is 0. The Morgan fingerprint density at radius 3 is 1.80 bits per heavy atom. The van der Waals surface area contributed by atoms with Gasteiger partial charge in [0.15, 0.2) is 23.1 Å². The largest absolute Gasteiger partial charge is 0.454 e. The molecule has 0 amide bonds. The molecule has 0 spiro atoms. The normalized spacial score (nSPS) is 12.0. The minimum Gasteiger partial charge on any atom is -0.454 e. The van der Waals surface area contributed by atoms with Crippen LogP contribution in [0.3, 0.4) is 0 Å². The monoisotopic (exact) mass is 720 g/mol. The lowest BCUT2D eigenvalue weighted by molar-refractivity contribution is 0.666. The second-order valence-corrected chi connectivity index (χ2v) is 15.0. The molecule has 0 atom stereocenters. The first-order valence-electron chi connectivity index (χ1n) is 18.4. The molecule has 256 valence electrons. The van der Waals surface area contributed by atoms with Crippen molar-refractivity contribution in [2.24, 2.45) is 0 Å². The van der Waals surface area contributed by atoms with Gasteiger partial charge in [0.25, 0.3) is 0 Å². The predicted octanol–water partition coefficient (Wildman–Crippen LogP) is 13.4. The van der Waals surface area contributed by atoms with Crippen molar-refractivity contribution in [1.82, 2.24) is 19.5 Å². The first-order valence-corrected chi connectivity index (χ1v) is 19.2. The van der Waals surface area contributed by atoms with Crippen molar-refractivity contribution in [3.63, 3.8) is 0 Å². The van der Waals surface area contributed by atoms with E-state index in [1.807, 2.05) is 72.0 Å². The molecule has 0 radical (unpaired) electrons. The molecule has 0 aliphatic heterocycles. The topological polar surface area (TPSA) is 56.7 Å². The highest BCUT2D eigenvalue weighted by Crippen LogP contribution is 2.46. The summed E-state index contributed by atoms with van der Waals surface area (Å²) in [6.07, 6.45) is 0. The molecule has 5 nitrogen and oxygen atoms in total. The smallest absolute Gasteiger partial charge is 0.164 e. The van der Waals surface area contributed by atoms with Gasteiger partial charge in [0.1, 0.15) is 5.58 Å². The lowest BCUT2D eigenvalue weighted by atomic mass is 9.98. The number of fused-ring (bicyclic) bond motifs is 12. The van der Waals surface area contributed by atoms with Crippen LogP contribution >= 0.6 is 11.3 Å². The Morgan fingerprint density at radius 2 is 1.04 bits per heavy atom. The SMILES string of the molecule is c1ccc(-c2nc(-c3ccccc3)nc(-c3cc4oc5c(-n6c7ccccc7c7c8c(ccc76)sc6ccccc68)cccc5c4c4ccccc34)n2)cc1. The first kappa shape index (κ1) is 30.3. The summed E-state index contributed by atoms with van der Waals surface area (Å²) in [4.78, 5) is 15.2. The molecule has 0 N–H and O–H groups in total. The fourth-order valence-corrected chi connectivity index (χ4v) is 9.58. The lowest BCUT2D eigenvalue weighted by Gasteiger charge is -2.11. The van der Waals surface area contributed by atoms with E-state index >= 15 is 0 Å². The number of nitrogens with zero attached hydrogens (tertiary/aromatic N) is 4. The standard InChI is InChI=1S/C49H28N4OS/c1-3-14-29(15-4-1)47-50-48(30-16-5-2-6-17-30)52-49(51-47)36-28-40-43(32-19-8-7-18-31(32)36)35-22-13-24-39(46(35)54-40)53-37-23-11-9-20-33(37)44-38(53)26-27-42-45(44)34-21-10-12-25-41(34)55-42/h1-28H. The Labute approximate surface area is 318 Å². The molecule has 4 heterocycles. The molecule has 6 heteroatoms. The Kier molecular flexibility index (Phi) is 6.44. The minimum atomic E-state index is 0.598. The minimum absolute atomic E-state index is 0.598. The van der Waals surface area contributed by atoms with Crippen LogP contribution in [0.4, 0.5) is 0 Å². The van der Waals surface area contributed by atoms with E-state index in [0.717, 1.165) is 66.1 Å². The van der Waals surface area contributed by atoms with Gasteiger partial charge in [0.2, 0.25) is 0 Å². The van der Waals surface area contributed by atoms with Crippen LogP contribution in [0.15, 0.2) is 174 Å². The van der Waals surface area contributed by atoms with Gasteiger partial charge in [0, 0.05) is 58.4 Å². The summed E-state index contributed by atoms with van der Waals surface area (Å²) >= 11 is 1.85. The zero-order valence-electron chi connectivity index (χ0n) is 29.3. The summed E-state index contributed by atoms with van der Waals surface area (Å²) in [5.74, 6) is 1.85. The van der Waals surface area contributed by atoms with Crippen molar-refractivity contribution in [2.45, 2.75) is 0 Å². The Hall–Kier alpha value is -7.15. The number of hydrogen-bond donors (Lipinski definition) is 0.